The molecule has 0 unspecified atom stereocenters. The van der Waals surface area contributed by atoms with E-state index in [1.807, 2.05) is 6.07 Å². The second kappa shape index (κ2) is 5.55. The van der Waals surface area contributed by atoms with Gasteiger partial charge in [-0.25, -0.2) is 8.78 Å². The lowest BCUT2D eigenvalue weighted by Crippen LogP contribution is -2.40. The Morgan fingerprint density at radius 2 is 2.05 bits per heavy atom. The number of amides is 1. The summed E-state index contributed by atoms with van der Waals surface area (Å²) >= 11 is 0. The number of carbonyl (C=O) groups excluding carboxylic acids is 1. The van der Waals surface area contributed by atoms with Crippen LogP contribution in [0.2, 0.25) is 0 Å². The number of carbonyl (C=O) groups is 1. The molecule has 0 aliphatic carbocycles. The minimum Gasteiger partial charge on any atom is -0.381 e. The minimum atomic E-state index is -1.29. The third kappa shape index (κ3) is 2.49. The van der Waals surface area contributed by atoms with E-state index in [1.165, 1.54) is 13.0 Å². The van der Waals surface area contributed by atoms with E-state index in [0.717, 1.165) is 6.07 Å². The number of nitriles is 1. The zero-order chi connectivity index (χ0) is 14.8. The monoisotopic (exact) mass is 280 g/mol. The van der Waals surface area contributed by atoms with E-state index in [0.29, 0.717) is 0 Å². The highest BCUT2D eigenvalue weighted by Crippen LogP contribution is 2.32. The normalized spacial score (nSPS) is 17.3. The van der Waals surface area contributed by atoms with Crippen LogP contribution < -0.4 is 5.32 Å². The van der Waals surface area contributed by atoms with Crippen LogP contribution >= 0.6 is 0 Å². The molecule has 1 aliphatic rings. The minimum absolute atomic E-state index is 0.213. The summed E-state index contributed by atoms with van der Waals surface area (Å²) in [5.41, 5.74) is -1.57. The summed E-state index contributed by atoms with van der Waals surface area (Å²) in [5.74, 6) is -2.37. The number of benzene rings is 1. The number of hydrogen-bond acceptors (Lipinski definition) is 3. The fourth-order valence-electron chi connectivity index (χ4n) is 2.11. The smallest absolute Gasteiger partial charge is 0.245 e. The summed E-state index contributed by atoms with van der Waals surface area (Å²) < 4.78 is 32.6. The van der Waals surface area contributed by atoms with Crippen molar-refractivity contribution in [3.63, 3.8) is 0 Å². The van der Waals surface area contributed by atoms with Crippen LogP contribution in [-0.4, -0.2) is 19.1 Å². The molecule has 1 aromatic rings. The SMILES string of the molecule is Cc1ccc(F)c(NC(=O)C2(C#N)CCOCC2)c1F. The van der Waals surface area contributed by atoms with E-state index in [4.69, 9.17) is 4.74 Å². The molecule has 0 aromatic heterocycles. The molecule has 0 radical (unpaired) electrons. The summed E-state index contributed by atoms with van der Waals surface area (Å²) in [7, 11) is 0. The highest BCUT2D eigenvalue weighted by Gasteiger charge is 2.41. The summed E-state index contributed by atoms with van der Waals surface area (Å²) in [6.45, 7) is 2.03. The average molecular weight is 280 g/mol. The van der Waals surface area contributed by atoms with Crippen molar-refractivity contribution >= 4 is 11.6 Å². The Labute approximate surface area is 115 Å². The molecule has 0 spiro atoms. The molecule has 20 heavy (non-hydrogen) atoms. The van der Waals surface area contributed by atoms with Gasteiger partial charge in [-0.15, -0.1) is 0 Å². The summed E-state index contributed by atoms with van der Waals surface area (Å²) in [6, 6.07) is 4.32. The van der Waals surface area contributed by atoms with Crippen LogP contribution in [0.15, 0.2) is 12.1 Å². The highest BCUT2D eigenvalue weighted by molar-refractivity contribution is 5.97. The van der Waals surface area contributed by atoms with Gasteiger partial charge in [0.25, 0.3) is 0 Å². The molecule has 1 amide bonds. The molecule has 1 heterocycles. The van der Waals surface area contributed by atoms with Crippen LogP contribution in [0.4, 0.5) is 14.5 Å². The molecule has 4 nitrogen and oxygen atoms in total. The summed E-state index contributed by atoms with van der Waals surface area (Å²) in [6.07, 6.45) is 0.425. The number of anilines is 1. The van der Waals surface area contributed by atoms with Gasteiger partial charge in [-0.05, 0) is 31.4 Å². The first kappa shape index (κ1) is 14.4. The third-order valence-electron chi connectivity index (χ3n) is 3.52. The van der Waals surface area contributed by atoms with E-state index in [-0.39, 0.29) is 31.6 Å². The van der Waals surface area contributed by atoms with Crippen molar-refractivity contribution in [2.24, 2.45) is 5.41 Å². The lowest BCUT2D eigenvalue weighted by atomic mass is 9.81. The van der Waals surface area contributed by atoms with Gasteiger partial charge in [-0.3, -0.25) is 4.79 Å². The van der Waals surface area contributed by atoms with Crippen molar-refractivity contribution in [3.8, 4) is 6.07 Å². The molecular formula is C14H14F2N2O2. The zero-order valence-electron chi connectivity index (χ0n) is 11.0. The number of aryl methyl sites for hydroxylation is 1. The van der Waals surface area contributed by atoms with E-state index in [2.05, 4.69) is 5.32 Å². The predicted octanol–water partition coefficient (Wildman–Crippen LogP) is 2.53. The van der Waals surface area contributed by atoms with Crippen LogP contribution in [0.3, 0.4) is 0 Å². The number of nitrogens with one attached hydrogen (secondary N) is 1. The van der Waals surface area contributed by atoms with Crippen LogP contribution in [-0.2, 0) is 9.53 Å². The quantitative estimate of drug-likeness (QED) is 0.905. The van der Waals surface area contributed by atoms with Gasteiger partial charge >= 0.3 is 0 Å². The van der Waals surface area contributed by atoms with Gasteiger partial charge in [0.15, 0.2) is 5.82 Å². The van der Waals surface area contributed by atoms with E-state index < -0.39 is 28.6 Å². The van der Waals surface area contributed by atoms with Crippen molar-refractivity contribution in [1.29, 1.82) is 5.26 Å². The fourth-order valence-corrected chi connectivity index (χ4v) is 2.11. The molecule has 106 valence electrons. The average Bonchev–Trinajstić information content (AvgIpc) is 2.48. The van der Waals surface area contributed by atoms with Crippen LogP contribution in [0.1, 0.15) is 18.4 Å². The number of halogens is 2. The predicted molar refractivity (Wildman–Crippen MR) is 67.8 cm³/mol. The third-order valence-corrected chi connectivity index (χ3v) is 3.52. The van der Waals surface area contributed by atoms with Crippen LogP contribution in [0, 0.1) is 35.3 Å². The number of hydrogen-bond donors (Lipinski definition) is 1. The van der Waals surface area contributed by atoms with E-state index in [9.17, 15) is 18.8 Å². The standard InChI is InChI=1S/C14H14F2N2O2/c1-9-2-3-10(15)12(11(9)16)18-13(19)14(8-17)4-6-20-7-5-14/h2-3H,4-7H2,1H3,(H,18,19). The van der Waals surface area contributed by atoms with Crippen LogP contribution in [0.25, 0.3) is 0 Å². The van der Waals surface area contributed by atoms with Gasteiger partial charge in [-0.1, -0.05) is 6.07 Å². The molecule has 1 N–H and O–H groups in total. The van der Waals surface area contributed by atoms with Crippen molar-refractivity contribution < 1.29 is 18.3 Å². The van der Waals surface area contributed by atoms with Crippen molar-refractivity contribution in [2.75, 3.05) is 18.5 Å². The first-order chi connectivity index (χ1) is 9.50. The summed E-state index contributed by atoms with van der Waals surface area (Å²) in [5, 5.41) is 11.4. The first-order valence-electron chi connectivity index (χ1n) is 6.25. The van der Waals surface area contributed by atoms with Gasteiger partial charge in [0.2, 0.25) is 5.91 Å². The highest BCUT2D eigenvalue weighted by atomic mass is 19.1. The molecule has 1 aromatic carbocycles. The Morgan fingerprint density at radius 3 is 2.65 bits per heavy atom. The molecule has 0 bridgehead atoms. The second-order valence-electron chi connectivity index (χ2n) is 4.81. The topological polar surface area (TPSA) is 62.1 Å². The first-order valence-corrected chi connectivity index (χ1v) is 6.25. The lowest BCUT2D eigenvalue weighted by Gasteiger charge is -2.29. The van der Waals surface area contributed by atoms with Gasteiger partial charge in [-0.2, -0.15) is 5.26 Å². The second-order valence-corrected chi connectivity index (χ2v) is 4.81. The maximum absolute atomic E-state index is 13.9. The van der Waals surface area contributed by atoms with Gasteiger partial charge in [0, 0.05) is 13.2 Å². The van der Waals surface area contributed by atoms with Gasteiger partial charge in [0.1, 0.15) is 16.9 Å². The molecule has 0 atom stereocenters. The molecule has 2 rings (SSSR count). The lowest BCUT2D eigenvalue weighted by molar-refractivity contribution is -0.126. The van der Waals surface area contributed by atoms with Gasteiger partial charge < -0.3 is 10.1 Å². The molecule has 1 fully saturated rings. The van der Waals surface area contributed by atoms with E-state index >= 15 is 0 Å². The van der Waals surface area contributed by atoms with Gasteiger partial charge in [0.05, 0.1) is 6.07 Å². The number of rotatable bonds is 2. The Balaban J connectivity index is 2.28. The molecular weight excluding hydrogens is 266 g/mol. The number of ether oxygens (including phenoxy) is 1. The van der Waals surface area contributed by atoms with Crippen molar-refractivity contribution in [1.82, 2.24) is 0 Å². The summed E-state index contributed by atoms with van der Waals surface area (Å²) in [4.78, 5) is 12.2. The largest absolute Gasteiger partial charge is 0.381 e. The Hall–Kier alpha value is -2.00. The maximum atomic E-state index is 13.9. The molecule has 1 saturated heterocycles. The zero-order valence-corrected chi connectivity index (χ0v) is 11.0. The number of nitrogens with zero attached hydrogens (tertiary/aromatic N) is 1. The van der Waals surface area contributed by atoms with Crippen molar-refractivity contribution in [2.45, 2.75) is 19.8 Å². The fraction of sp³-hybridized carbons (Fsp3) is 0.429. The maximum Gasteiger partial charge on any atom is 0.245 e. The Kier molecular flexibility index (Phi) is 4.00. The van der Waals surface area contributed by atoms with Crippen molar-refractivity contribution in [3.05, 3.63) is 29.3 Å². The molecule has 1 aliphatic heterocycles. The van der Waals surface area contributed by atoms with E-state index in [1.54, 1.807) is 0 Å². The Morgan fingerprint density at radius 1 is 1.40 bits per heavy atom. The molecule has 6 heteroatoms. The van der Waals surface area contributed by atoms with Crippen LogP contribution in [0.5, 0.6) is 0 Å². The molecule has 0 saturated carbocycles. The Bertz CT molecular complexity index is 575.